The van der Waals surface area contributed by atoms with Crippen molar-refractivity contribution >= 4 is 5.69 Å². The van der Waals surface area contributed by atoms with Gasteiger partial charge >= 0.3 is 5.56 Å². The van der Waals surface area contributed by atoms with Crippen molar-refractivity contribution in [1.82, 2.24) is 9.55 Å². The molecule has 0 atom stereocenters. The van der Waals surface area contributed by atoms with Gasteiger partial charge in [-0.05, 0) is 26.0 Å². The molecule has 1 aromatic carbocycles. The summed E-state index contributed by atoms with van der Waals surface area (Å²) < 4.78 is 7.02. The van der Waals surface area contributed by atoms with Crippen LogP contribution < -0.4 is 16.0 Å². The van der Waals surface area contributed by atoms with E-state index in [1.807, 2.05) is 13.8 Å². The van der Waals surface area contributed by atoms with E-state index in [2.05, 4.69) is 4.98 Å². The first kappa shape index (κ1) is 12.2. The molecule has 94 valence electrons. The Hall–Kier alpha value is -2.30. The minimum absolute atomic E-state index is 0.0526. The van der Waals surface area contributed by atoms with Crippen molar-refractivity contribution in [2.24, 2.45) is 0 Å². The lowest BCUT2D eigenvalue weighted by molar-refractivity contribution is 0.437. The summed E-state index contributed by atoms with van der Waals surface area (Å²) in [5, 5.41) is 0. The molecule has 0 aliphatic heterocycles. The smallest absolute Gasteiger partial charge is 0.313 e. The number of hydrogen-bond acceptors (Lipinski definition) is 4. The molecule has 0 fully saturated rings. The van der Waals surface area contributed by atoms with Crippen LogP contribution in [0.2, 0.25) is 0 Å². The Morgan fingerprint density at radius 1 is 1.39 bits per heavy atom. The lowest BCUT2D eigenvalue weighted by atomic mass is 10.3. The van der Waals surface area contributed by atoms with Gasteiger partial charge < -0.3 is 15.0 Å². The maximum Gasteiger partial charge on any atom is 0.313 e. The van der Waals surface area contributed by atoms with Gasteiger partial charge in [0.1, 0.15) is 5.75 Å². The highest BCUT2D eigenvalue weighted by atomic mass is 16.5. The number of ether oxygens (including phenoxy) is 1. The number of nitrogens with two attached hydrogens (primary N) is 1. The Bertz CT molecular complexity index is 605. The summed E-state index contributed by atoms with van der Waals surface area (Å²) in [6.07, 6.45) is 3.18. The summed E-state index contributed by atoms with van der Waals surface area (Å²) >= 11 is 0. The second-order valence-electron chi connectivity index (χ2n) is 4.21. The minimum atomic E-state index is -0.255. The predicted molar refractivity (Wildman–Crippen MR) is 69.8 cm³/mol. The average Bonchev–Trinajstić information content (AvgIpc) is 2.31. The molecule has 18 heavy (non-hydrogen) atoms. The van der Waals surface area contributed by atoms with E-state index in [4.69, 9.17) is 10.5 Å². The number of hydrogen-bond donors (Lipinski definition) is 1. The monoisotopic (exact) mass is 245 g/mol. The fourth-order valence-corrected chi connectivity index (χ4v) is 1.57. The Labute approximate surface area is 105 Å². The first-order valence-corrected chi connectivity index (χ1v) is 5.68. The SMILES string of the molecule is CC(C)n1ccnc(Oc2cccc(N)c2)c1=O. The van der Waals surface area contributed by atoms with Crippen molar-refractivity contribution in [2.45, 2.75) is 19.9 Å². The fourth-order valence-electron chi connectivity index (χ4n) is 1.57. The molecule has 0 aliphatic rings. The van der Waals surface area contributed by atoms with Gasteiger partial charge in [-0.15, -0.1) is 0 Å². The molecule has 0 amide bonds. The van der Waals surface area contributed by atoms with Crippen molar-refractivity contribution in [1.29, 1.82) is 0 Å². The van der Waals surface area contributed by atoms with Crippen LogP contribution in [0, 0.1) is 0 Å². The van der Waals surface area contributed by atoms with Crippen molar-refractivity contribution in [3.05, 3.63) is 47.0 Å². The van der Waals surface area contributed by atoms with E-state index in [0.717, 1.165) is 0 Å². The highest BCUT2D eigenvalue weighted by molar-refractivity contribution is 5.44. The summed E-state index contributed by atoms with van der Waals surface area (Å²) in [5.74, 6) is 0.554. The third-order valence-corrected chi connectivity index (χ3v) is 2.47. The first-order valence-electron chi connectivity index (χ1n) is 5.68. The Morgan fingerprint density at radius 3 is 2.83 bits per heavy atom. The van der Waals surface area contributed by atoms with Crippen LogP contribution in [0.25, 0.3) is 0 Å². The predicted octanol–water partition coefficient (Wildman–Crippen LogP) is 2.20. The number of rotatable bonds is 3. The van der Waals surface area contributed by atoms with Gasteiger partial charge in [0.05, 0.1) is 0 Å². The average molecular weight is 245 g/mol. The number of nitrogen functional groups attached to an aromatic ring is 1. The van der Waals surface area contributed by atoms with E-state index in [0.29, 0.717) is 11.4 Å². The maximum atomic E-state index is 12.0. The molecule has 0 aliphatic carbocycles. The molecule has 0 unspecified atom stereocenters. The lowest BCUT2D eigenvalue weighted by Gasteiger charge is -2.11. The topological polar surface area (TPSA) is 70.1 Å². The third-order valence-electron chi connectivity index (χ3n) is 2.47. The van der Waals surface area contributed by atoms with Crippen molar-refractivity contribution in [3.8, 4) is 11.6 Å². The number of benzene rings is 1. The van der Waals surface area contributed by atoms with E-state index < -0.39 is 0 Å². The van der Waals surface area contributed by atoms with Gasteiger partial charge in [0.25, 0.3) is 5.88 Å². The molecule has 1 heterocycles. The zero-order valence-corrected chi connectivity index (χ0v) is 10.3. The molecule has 2 aromatic rings. The van der Waals surface area contributed by atoms with Gasteiger partial charge in [-0.25, -0.2) is 4.98 Å². The van der Waals surface area contributed by atoms with Gasteiger partial charge in [0, 0.05) is 30.2 Å². The van der Waals surface area contributed by atoms with Gasteiger partial charge in [0.15, 0.2) is 0 Å². The number of anilines is 1. The first-order chi connectivity index (χ1) is 8.58. The van der Waals surface area contributed by atoms with E-state index >= 15 is 0 Å². The van der Waals surface area contributed by atoms with E-state index in [1.165, 1.54) is 0 Å². The van der Waals surface area contributed by atoms with Crippen LogP contribution >= 0.6 is 0 Å². The molecule has 2 rings (SSSR count). The van der Waals surface area contributed by atoms with Crippen molar-refractivity contribution < 1.29 is 4.74 Å². The van der Waals surface area contributed by atoms with Crippen LogP contribution in [-0.4, -0.2) is 9.55 Å². The number of nitrogens with zero attached hydrogens (tertiary/aromatic N) is 2. The van der Waals surface area contributed by atoms with Crippen LogP contribution in [0.15, 0.2) is 41.5 Å². The van der Waals surface area contributed by atoms with Gasteiger partial charge in [-0.2, -0.15) is 0 Å². The molecule has 0 saturated carbocycles. The van der Waals surface area contributed by atoms with Crippen LogP contribution in [0.3, 0.4) is 0 Å². The molecular weight excluding hydrogens is 230 g/mol. The van der Waals surface area contributed by atoms with Crippen LogP contribution in [0.5, 0.6) is 11.6 Å². The molecule has 2 N–H and O–H groups in total. The van der Waals surface area contributed by atoms with Crippen molar-refractivity contribution in [3.63, 3.8) is 0 Å². The summed E-state index contributed by atoms with van der Waals surface area (Å²) in [5.41, 5.74) is 5.97. The standard InChI is InChI=1S/C13H15N3O2/c1-9(2)16-7-6-15-12(13(16)17)18-11-5-3-4-10(14)8-11/h3-9H,14H2,1-2H3. The summed E-state index contributed by atoms with van der Waals surface area (Å²) in [7, 11) is 0. The Kier molecular flexibility index (Phi) is 3.32. The summed E-state index contributed by atoms with van der Waals surface area (Å²) in [6, 6.07) is 6.94. The molecule has 5 heteroatoms. The molecule has 1 aromatic heterocycles. The van der Waals surface area contributed by atoms with Gasteiger partial charge in [0.2, 0.25) is 0 Å². The van der Waals surface area contributed by atoms with E-state index in [1.54, 1.807) is 41.2 Å². The van der Waals surface area contributed by atoms with Crippen LogP contribution in [0.1, 0.15) is 19.9 Å². The van der Waals surface area contributed by atoms with Crippen molar-refractivity contribution in [2.75, 3.05) is 5.73 Å². The Balaban J connectivity index is 2.36. The molecule has 0 bridgehead atoms. The summed E-state index contributed by atoms with van der Waals surface area (Å²) in [6.45, 7) is 3.84. The maximum absolute atomic E-state index is 12.0. The molecular formula is C13H15N3O2. The Morgan fingerprint density at radius 2 is 2.17 bits per heavy atom. The third kappa shape index (κ3) is 2.51. The second kappa shape index (κ2) is 4.91. The second-order valence-corrected chi connectivity index (χ2v) is 4.21. The quantitative estimate of drug-likeness (QED) is 0.841. The lowest BCUT2D eigenvalue weighted by Crippen LogP contribution is -2.23. The van der Waals surface area contributed by atoms with Crippen LogP contribution in [-0.2, 0) is 0 Å². The largest absolute Gasteiger partial charge is 0.435 e. The molecule has 0 spiro atoms. The normalized spacial score (nSPS) is 10.6. The zero-order chi connectivity index (χ0) is 13.1. The summed E-state index contributed by atoms with van der Waals surface area (Å²) in [4.78, 5) is 16.0. The minimum Gasteiger partial charge on any atom is -0.435 e. The highest BCUT2D eigenvalue weighted by Gasteiger charge is 2.09. The zero-order valence-electron chi connectivity index (χ0n) is 10.3. The number of aromatic nitrogens is 2. The van der Waals surface area contributed by atoms with Crippen LogP contribution in [0.4, 0.5) is 5.69 Å². The molecule has 5 nitrogen and oxygen atoms in total. The molecule has 0 radical (unpaired) electrons. The van der Waals surface area contributed by atoms with E-state index in [-0.39, 0.29) is 17.5 Å². The van der Waals surface area contributed by atoms with E-state index in [9.17, 15) is 4.79 Å². The van der Waals surface area contributed by atoms with Gasteiger partial charge in [-0.1, -0.05) is 6.07 Å². The molecule has 0 saturated heterocycles. The fraction of sp³-hybridized carbons (Fsp3) is 0.231. The highest BCUT2D eigenvalue weighted by Crippen LogP contribution is 2.19. The van der Waals surface area contributed by atoms with Gasteiger partial charge in [-0.3, -0.25) is 4.79 Å².